The van der Waals surface area contributed by atoms with Crippen molar-refractivity contribution in [3.63, 3.8) is 0 Å². The van der Waals surface area contributed by atoms with E-state index in [1.807, 2.05) is 20.8 Å². The molecule has 0 bridgehead atoms. The first kappa shape index (κ1) is 15.3. The summed E-state index contributed by atoms with van der Waals surface area (Å²) in [5.41, 5.74) is -0.550. The summed E-state index contributed by atoms with van der Waals surface area (Å²) in [6.45, 7) is 12.3. The molecular formula is C13H27NO2. The van der Waals surface area contributed by atoms with Gasteiger partial charge in [0.05, 0.1) is 0 Å². The summed E-state index contributed by atoms with van der Waals surface area (Å²) < 4.78 is 0. The van der Waals surface area contributed by atoms with Gasteiger partial charge in [0.2, 0.25) is 0 Å². The fourth-order valence-electron chi connectivity index (χ4n) is 2.36. The zero-order valence-electron chi connectivity index (χ0n) is 11.6. The zero-order chi connectivity index (χ0) is 13.0. The summed E-state index contributed by atoms with van der Waals surface area (Å²) in [7, 11) is 0. The molecule has 1 amide bonds. The Morgan fingerprint density at radius 1 is 1.12 bits per heavy atom. The van der Waals surface area contributed by atoms with Gasteiger partial charge in [-0.15, -0.1) is 0 Å². The predicted molar refractivity (Wildman–Crippen MR) is 67.8 cm³/mol. The van der Waals surface area contributed by atoms with Crippen LogP contribution in [0.15, 0.2) is 0 Å². The maximum atomic E-state index is 11.5. The molecule has 16 heavy (non-hydrogen) atoms. The molecule has 0 heterocycles. The van der Waals surface area contributed by atoms with Gasteiger partial charge in [0.1, 0.15) is 0 Å². The van der Waals surface area contributed by atoms with Crippen LogP contribution in [0.4, 0.5) is 4.79 Å². The Morgan fingerprint density at radius 3 is 1.88 bits per heavy atom. The molecule has 0 saturated heterocycles. The number of hydrogen-bond acceptors (Lipinski definition) is 1. The van der Waals surface area contributed by atoms with Crippen molar-refractivity contribution in [1.82, 2.24) is 4.90 Å². The maximum Gasteiger partial charge on any atom is 0.408 e. The van der Waals surface area contributed by atoms with Gasteiger partial charge in [-0.25, -0.2) is 4.79 Å². The van der Waals surface area contributed by atoms with Crippen LogP contribution in [0.25, 0.3) is 0 Å². The lowest BCUT2D eigenvalue weighted by atomic mass is 9.85. The van der Waals surface area contributed by atoms with E-state index in [1.165, 1.54) is 0 Å². The van der Waals surface area contributed by atoms with Gasteiger partial charge in [0.25, 0.3) is 0 Å². The third kappa shape index (κ3) is 3.13. The van der Waals surface area contributed by atoms with Crippen LogP contribution in [0.1, 0.15) is 67.2 Å². The average Bonchev–Trinajstić information content (AvgIpc) is 2.17. The standard InChI is InChI=1S/C13H27NO2/c1-7-10-13(6,9-3)14(11(15)16)12(4,5)8-2/h7-10H2,1-6H3,(H,15,16). The highest BCUT2D eigenvalue weighted by molar-refractivity contribution is 5.67. The minimum absolute atomic E-state index is 0.250. The Balaban J connectivity index is 5.25. The first-order valence-corrected chi connectivity index (χ1v) is 6.28. The number of hydrogen-bond donors (Lipinski definition) is 1. The SMILES string of the molecule is CCCC(C)(CC)N(C(=O)O)C(C)(C)CC. The van der Waals surface area contributed by atoms with Crippen LogP contribution in [0.5, 0.6) is 0 Å². The van der Waals surface area contributed by atoms with Gasteiger partial charge in [-0.05, 0) is 40.0 Å². The Bertz CT molecular complexity index is 238. The minimum Gasteiger partial charge on any atom is -0.465 e. The van der Waals surface area contributed by atoms with Gasteiger partial charge in [-0.1, -0.05) is 27.2 Å². The van der Waals surface area contributed by atoms with Gasteiger partial charge in [-0.2, -0.15) is 0 Å². The van der Waals surface area contributed by atoms with Crippen molar-refractivity contribution in [2.24, 2.45) is 0 Å². The van der Waals surface area contributed by atoms with Crippen LogP contribution >= 0.6 is 0 Å². The molecule has 0 aromatic carbocycles. The number of amides is 1. The second kappa shape index (κ2) is 5.55. The van der Waals surface area contributed by atoms with E-state index < -0.39 is 6.09 Å². The number of carboxylic acid groups (broad SMARTS) is 1. The van der Waals surface area contributed by atoms with Crippen LogP contribution in [-0.2, 0) is 0 Å². The van der Waals surface area contributed by atoms with Crippen LogP contribution in [-0.4, -0.2) is 27.2 Å². The number of nitrogens with zero attached hydrogens (tertiary/aromatic N) is 1. The Hall–Kier alpha value is -0.730. The maximum absolute atomic E-state index is 11.5. The molecule has 3 nitrogen and oxygen atoms in total. The summed E-state index contributed by atoms with van der Waals surface area (Å²) in [5, 5.41) is 9.46. The van der Waals surface area contributed by atoms with Crippen LogP contribution in [0.3, 0.4) is 0 Å². The van der Waals surface area contributed by atoms with Crippen molar-refractivity contribution in [3.05, 3.63) is 0 Å². The van der Waals surface area contributed by atoms with Crippen molar-refractivity contribution in [3.8, 4) is 0 Å². The third-order valence-electron chi connectivity index (χ3n) is 3.75. The van der Waals surface area contributed by atoms with E-state index in [0.29, 0.717) is 0 Å². The second-order valence-corrected chi connectivity index (χ2v) is 5.38. The molecule has 1 N–H and O–H groups in total. The molecule has 0 radical (unpaired) electrons. The molecule has 0 aromatic heterocycles. The Kier molecular flexibility index (Phi) is 5.30. The molecule has 0 aliphatic heterocycles. The Labute approximate surface area is 99.8 Å². The molecule has 96 valence electrons. The minimum atomic E-state index is -0.801. The molecule has 0 aliphatic rings. The highest BCUT2D eigenvalue weighted by atomic mass is 16.4. The molecule has 0 spiro atoms. The summed E-state index contributed by atoms with van der Waals surface area (Å²) in [4.78, 5) is 13.2. The van der Waals surface area contributed by atoms with Gasteiger partial charge in [-0.3, -0.25) is 4.90 Å². The van der Waals surface area contributed by atoms with Crippen LogP contribution in [0, 0.1) is 0 Å². The monoisotopic (exact) mass is 229 g/mol. The summed E-state index contributed by atoms with van der Waals surface area (Å²) in [6, 6.07) is 0. The van der Waals surface area contributed by atoms with Gasteiger partial charge < -0.3 is 5.11 Å². The van der Waals surface area contributed by atoms with Gasteiger partial charge in [0, 0.05) is 11.1 Å². The highest BCUT2D eigenvalue weighted by Crippen LogP contribution is 2.33. The molecule has 0 aliphatic carbocycles. The lowest BCUT2D eigenvalue weighted by Gasteiger charge is -2.48. The van der Waals surface area contributed by atoms with Gasteiger partial charge >= 0.3 is 6.09 Å². The van der Waals surface area contributed by atoms with E-state index in [2.05, 4.69) is 20.8 Å². The van der Waals surface area contributed by atoms with Crippen molar-refractivity contribution in [2.45, 2.75) is 78.3 Å². The quantitative estimate of drug-likeness (QED) is 0.744. The van der Waals surface area contributed by atoms with E-state index in [9.17, 15) is 9.90 Å². The fraction of sp³-hybridized carbons (Fsp3) is 0.923. The fourth-order valence-corrected chi connectivity index (χ4v) is 2.36. The lowest BCUT2D eigenvalue weighted by molar-refractivity contribution is 0.00761. The van der Waals surface area contributed by atoms with Crippen LogP contribution in [0.2, 0.25) is 0 Å². The predicted octanol–water partition coefficient (Wildman–Crippen LogP) is 4.12. The summed E-state index contributed by atoms with van der Waals surface area (Å²) in [5.74, 6) is 0. The molecule has 1 atom stereocenters. The van der Waals surface area contributed by atoms with E-state index in [0.717, 1.165) is 25.7 Å². The van der Waals surface area contributed by atoms with Gasteiger partial charge in [0.15, 0.2) is 0 Å². The average molecular weight is 229 g/mol. The van der Waals surface area contributed by atoms with Crippen molar-refractivity contribution >= 4 is 6.09 Å². The topological polar surface area (TPSA) is 40.5 Å². The first-order valence-electron chi connectivity index (χ1n) is 6.28. The lowest BCUT2D eigenvalue weighted by Crippen LogP contribution is -2.58. The molecule has 0 saturated carbocycles. The zero-order valence-corrected chi connectivity index (χ0v) is 11.6. The molecule has 1 unspecified atom stereocenters. The number of rotatable bonds is 6. The largest absolute Gasteiger partial charge is 0.465 e. The summed E-state index contributed by atoms with van der Waals surface area (Å²) >= 11 is 0. The molecular weight excluding hydrogens is 202 g/mol. The van der Waals surface area contributed by atoms with E-state index in [4.69, 9.17) is 0 Å². The van der Waals surface area contributed by atoms with Crippen molar-refractivity contribution < 1.29 is 9.90 Å². The van der Waals surface area contributed by atoms with E-state index >= 15 is 0 Å². The molecule has 0 rings (SSSR count). The van der Waals surface area contributed by atoms with Crippen molar-refractivity contribution in [2.75, 3.05) is 0 Å². The second-order valence-electron chi connectivity index (χ2n) is 5.38. The molecule has 0 fully saturated rings. The highest BCUT2D eigenvalue weighted by Gasteiger charge is 2.41. The third-order valence-corrected chi connectivity index (χ3v) is 3.75. The van der Waals surface area contributed by atoms with E-state index in [1.54, 1.807) is 4.90 Å². The van der Waals surface area contributed by atoms with Crippen molar-refractivity contribution in [1.29, 1.82) is 0 Å². The Morgan fingerprint density at radius 2 is 1.62 bits per heavy atom. The molecule has 0 aromatic rings. The summed E-state index contributed by atoms with van der Waals surface area (Å²) in [6.07, 6.45) is 2.81. The normalized spacial score (nSPS) is 15.6. The van der Waals surface area contributed by atoms with E-state index in [-0.39, 0.29) is 11.1 Å². The molecule has 3 heteroatoms. The number of carbonyl (C=O) groups is 1. The van der Waals surface area contributed by atoms with Crippen LogP contribution < -0.4 is 0 Å². The smallest absolute Gasteiger partial charge is 0.408 e. The first-order chi connectivity index (χ1) is 7.25.